The molecule has 116 valence electrons. The number of amides is 1. The average molecular weight is 299 g/mol. The van der Waals surface area contributed by atoms with Crippen molar-refractivity contribution in [2.45, 2.75) is 38.5 Å². The highest BCUT2D eigenvalue weighted by Gasteiger charge is 2.19. The summed E-state index contributed by atoms with van der Waals surface area (Å²) >= 11 is 0. The quantitative estimate of drug-likeness (QED) is 0.889. The van der Waals surface area contributed by atoms with Crippen LogP contribution in [0.2, 0.25) is 0 Å². The normalized spacial score (nSPS) is 15.0. The zero-order valence-corrected chi connectivity index (χ0v) is 12.8. The first-order valence-electron chi connectivity index (χ1n) is 7.76. The summed E-state index contributed by atoms with van der Waals surface area (Å²) in [5, 5.41) is 9.96. The number of carbonyl (C=O) groups is 1. The lowest BCUT2D eigenvalue weighted by Crippen LogP contribution is -2.20. The van der Waals surface area contributed by atoms with Crippen molar-refractivity contribution in [3.8, 4) is 5.75 Å². The molecule has 0 unspecified atom stereocenters. The number of hydrogen-bond donors (Lipinski definition) is 2. The molecule has 1 aliphatic carbocycles. The van der Waals surface area contributed by atoms with Gasteiger partial charge in [-0.3, -0.25) is 9.89 Å². The molecule has 2 aromatic rings. The molecule has 1 aromatic carbocycles. The van der Waals surface area contributed by atoms with E-state index in [1.54, 1.807) is 0 Å². The number of aromatic amines is 1. The van der Waals surface area contributed by atoms with E-state index < -0.39 is 0 Å². The highest BCUT2D eigenvalue weighted by atomic mass is 16.5. The molecule has 0 atom stereocenters. The molecule has 1 aliphatic rings. The fraction of sp³-hybridized carbons (Fsp3) is 0.412. The molecule has 3 rings (SSSR count). The number of aryl methyl sites for hydroxylation is 1. The van der Waals surface area contributed by atoms with Gasteiger partial charge in [0.05, 0.1) is 0 Å². The molecule has 1 saturated carbocycles. The Morgan fingerprint density at radius 3 is 2.91 bits per heavy atom. The predicted octanol–water partition coefficient (Wildman–Crippen LogP) is 3.39. The second-order valence-electron chi connectivity index (χ2n) is 5.79. The summed E-state index contributed by atoms with van der Waals surface area (Å²) in [6.45, 7) is 1.94. The second-order valence-corrected chi connectivity index (χ2v) is 5.79. The lowest BCUT2D eigenvalue weighted by Gasteiger charge is -2.08. The first-order chi connectivity index (χ1) is 10.7. The maximum absolute atomic E-state index is 11.9. The van der Waals surface area contributed by atoms with Crippen LogP contribution in [0.15, 0.2) is 30.3 Å². The molecule has 5 heteroatoms. The van der Waals surface area contributed by atoms with Crippen LogP contribution in [-0.4, -0.2) is 22.7 Å². The average Bonchev–Trinajstić information content (AvgIpc) is 3.17. The lowest BCUT2D eigenvalue weighted by molar-refractivity contribution is -0.118. The number of hydrogen-bond acceptors (Lipinski definition) is 3. The van der Waals surface area contributed by atoms with Crippen LogP contribution in [0.4, 0.5) is 5.82 Å². The van der Waals surface area contributed by atoms with Crippen molar-refractivity contribution in [1.82, 2.24) is 10.2 Å². The van der Waals surface area contributed by atoms with Crippen molar-refractivity contribution in [2.24, 2.45) is 0 Å². The molecule has 5 nitrogen and oxygen atoms in total. The van der Waals surface area contributed by atoms with Gasteiger partial charge in [0, 0.05) is 17.7 Å². The monoisotopic (exact) mass is 299 g/mol. The molecule has 1 amide bonds. The number of ether oxygens (including phenoxy) is 1. The number of rotatable bonds is 5. The van der Waals surface area contributed by atoms with Crippen molar-refractivity contribution in [3.05, 3.63) is 41.6 Å². The fourth-order valence-electron chi connectivity index (χ4n) is 2.89. The third-order valence-corrected chi connectivity index (χ3v) is 4.11. The van der Waals surface area contributed by atoms with Gasteiger partial charge in [0.25, 0.3) is 5.91 Å². The summed E-state index contributed by atoms with van der Waals surface area (Å²) in [6, 6.07) is 9.57. The Morgan fingerprint density at radius 1 is 1.36 bits per heavy atom. The zero-order chi connectivity index (χ0) is 15.4. The minimum Gasteiger partial charge on any atom is -0.483 e. The maximum atomic E-state index is 11.9. The van der Waals surface area contributed by atoms with E-state index in [0.717, 1.165) is 17.0 Å². The van der Waals surface area contributed by atoms with Gasteiger partial charge in [-0.15, -0.1) is 0 Å². The van der Waals surface area contributed by atoms with E-state index in [1.165, 1.54) is 25.7 Å². The van der Waals surface area contributed by atoms with Crippen LogP contribution < -0.4 is 10.1 Å². The third-order valence-electron chi connectivity index (χ3n) is 4.11. The van der Waals surface area contributed by atoms with Crippen LogP contribution in [-0.2, 0) is 4.79 Å². The Labute approximate surface area is 130 Å². The number of para-hydroxylation sites is 1. The molecule has 0 radical (unpaired) electrons. The number of nitrogens with zero attached hydrogens (tertiary/aromatic N) is 1. The van der Waals surface area contributed by atoms with Gasteiger partial charge >= 0.3 is 0 Å². The van der Waals surface area contributed by atoms with Gasteiger partial charge in [0.1, 0.15) is 5.75 Å². The summed E-state index contributed by atoms with van der Waals surface area (Å²) in [6.07, 6.45) is 4.95. The van der Waals surface area contributed by atoms with Crippen molar-refractivity contribution >= 4 is 11.7 Å². The Kier molecular flexibility index (Phi) is 4.42. The Bertz CT molecular complexity index is 645. The predicted molar refractivity (Wildman–Crippen MR) is 85.1 cm³/mol. The number of aromatic nitrogens is 2. The Balaban J connectivity index is 1.52. The SMILES string of the molecule is Cc1ccccc1OCC(=O)Nc1cc(C2CCCC2)[nH]n1. The second kappa shape index (κ2) is 6.64. The minimum absolute atomic E-state index is 0.0174. The van der Waals surface area contributed by atoms with Gasteiger partial charge in [-0.05, 0) is 31.4 Å². The molecule has 1 aromatic heterocycles. The Hall–Kier alpha value is -2.30. The largest absolute Gasteiger partial charge is 0.483 e. The molecule has 0 saturated heterocycles. The summed E-state index contributed by atoms with van der Waals surface area (Å²) in [7, 11) is 0. The third kappa shape index (κ3) is 3.47. The molecule has 2 N–H and O–H groups in total. The van der Waals surface area contributed by atoms with Gasteiger partial charge in [0.2, 0.25) is 0 Å². The van der Waals surface area contributed by atoms with Crippen LogP contribution in [0.5, 0.6) is 5.75 Å². The molecular weight excluding hydrogens is 278 g/mol. The van der Waals surface area contributed by atoms with Crippen LogP contribution in [0, 0.1) is 6.92 Å². The van der Waals surface area contributed by atoms with E-state index in [9.17, 15) is 4.79 Å². The van der Waals surface area contributed by atoms with E-state index in [4.69, 9.17) is 4.74 Å². The summed E-state index contributed by atoms with van der Waals surface area (Å²) in [5.41, 5.74) is 2.13. The van der Waals surface area contributed by atoms with Crippen molar-refractivity contribution in [2.75, 3.05) is 11.9 Å². The number of carbonyl (C=O) groups excluding carboxylic acids is 1. The lowest BCUT2D eigenvalue weighted by atomic mass is 10.0. The first kappa shape index (κ1) is 14.6. The van der Waals surface area contributed by atoms with Gasteiger partial charge in [-0.2, -0.15) is 5.10 Å². The molecule has 0 spiro atoms. The van der Waals surface area contributed by atoms with Crippen LogP contribution in [0.25, 0.3) is 0 Å². The van der Waals surface area contributed by atoms with E-state index >= 15 is 0 Å². The van der Waals surface area contributed by atoms with Crippen LogP contribution >= 0.6 is 0 Å². The molecule has 1 fully saturated rings. The highest BCUT2D eigenvalue weighted by Crippen LogP contribution is 2.33. The number of anilines is 1. The van der Waals surface area contributed by atoms with Gasteiger partial charge in [-0.1, -0.05) is 31.0 Å². The molecule has 1 heterocycles. The Morgan fingerprint density at radius 2 is 2.14 bits per heavy atom. The van der Waals surface area contributed by atoms with Crippen molar-refractivity contribution < 1.29 is 9.53 Å². The number of benzene rings is 1. The summed E-state index contributed by atoms with van der Waals surface area (Å²) in [5.74, 6) is 1.65. The van der Waals surface area contributed by atoms with Crippen LogP contribution in [0.3, 0.4) is 0 Å². The number of H-pyrrole nitrogens is 1. The molecule has 0 aliphatic heterocycles. The highest BCUT2D eigenvalue weighted by molar-refractivity contribution is 5.91. The van der Waals surface area contributed by atoms with Gasteiger partial charge in [0.15, 0.2) is 12.4 Å². The first-order valence-corrected chi connectivity index (χ1v) is 7.76. The maximum Gasteiger partial charge on any atom is 0.263 e. The van der Waals surface area contributed by atoms with Crippen molar-refractivity contribution in [1.29, 1.82) is 0 Å². The van der Waals surface area contributed by atoms with E-state index in [2.05, 4.69) is 15.5 Å². The van der Waals surface area contributed by atoms with Crippen LogP contribution in [0.1, 0.15) is 42.9 Å². The summed E-state index contributed by atoms with van der Waals surface area (Å²) < 4.78 is 5.53. The molecular formula is C17H21N3O2. The van der Waals surface area contributed by atoms with Gasteiger partial charge < -0.3 is 10.1 Å². The smallest absolute Gasteiger partial charge is 0.263 e. The topological polar surface area (TPSA) is 67.0 Å². The molecule has 0 bridgehead atoms. The molecule has 22 heavy (non-hydrogen) atoms. The standard InChI is InChI=1S/C17H21N3O2/c1-12-6-2-5-9-15(12)22-11-17(21)18-16-10-14(19-20-16)13-7-3-4-8-13/h2,5-6,9-10,13H,3-4,7-8,11H2,1H3,(H2,18,19,20,21). The van der Waals surface area contributed by atoms with Gasteiger partial charge in [-0.25, -0.2) is 0 Å². The minimum atomic E-state index is -0.201. The zero-order valence-electron chi connectivity index (χ0n) is 12.8. The fourth-order valence-corrected chi connectivity index (χ4v) is 2.89. The van der Waals surface area contributed by atoms with E-state index in [-0.39, 0.29) is 12.5 Å². The summed E-state index contributed by atoms with van der Waals surface area (Å²) in [4.78, 5) is 11.9. The van der Waals surface area contributed by atoms with Crippen molar-refractivity contribution in [3.63, 3.8) is 0 Å². The number of nitrogens with one attached hydrogen (secondary N) is 2. The van der Waals surface area contributed by atoms with E-state index in [1.807, 2.05) is 37.3 Å². The van der Waals surface area contributed by atoms with E-state index in [0.29, 0.717) is 11.7 Å².